The minimum Gasteiger partial charge on any atom is -0.412 e. The molecule has 0 bridgehead atoms. The quantitative estimate of drug-likeness (QED) is 0.646. The summed E-state index contributed by atoms with van der Waals surface area (Å²) in [4.78, 5) is 0. The van der Waals surface area contributed by atoms with Crippen molar-refractivity contribution < 1.29 is 4.43 Å². The summed E-state index contributed by atoms with van der Waals surface area (Å²) in [6.45, 7) is 14.2. The molecule has 0 aliphatic carbocycles. The zero-order valence-corrected chi connectivity index (χ0v) is 18.0. The molecular weight excluding hydrogens is 324 g/mol. The van der Waals surface area contributed by atoms with Crippen LogP contribution in [0.4, 0.5) is 0 Å². The van der Waals surface area contributed by atoms with Gasteiger partial charge in [-0.25, -0.2) is 0 Å². The van der Waals surface area contributed by atoms with E-state index < -0.39 is 16.4 Å². The molecular formula is C21H32OSi2. The third-order valence-corrected chi connectivity index (χ3v) is 14.2. The third-order valence-electron chi connectivity index (χ3n) is 5.53. The van der Waals surface area contributed by atoms with Gasteiger partial charge < -0.3 is 4.43 Å². The van der Waals surface area contributed by atoms with Crippen LogP contribution in [-0.4, -0.2) is 22.1 Å². The van der Waals surface area contributed by atoms with Gasteiger partial charge in [-0.05, 0) is 23.7 Å². The molecule has 0 N–H and O–H groups in total. The van der Waals surface area contributed by atoms with Crippen molar-refractivity contribution in [2.75, 3.05) is 0 Å². The highest BCUT2D eigenvalue weighted by Crippen LogP contribution is 2.28. The molecule has 130 valence electrons. The highest BCUT2D eigenvalue weighted by molar-refractivity contribution is 6.93. The van der Waals surface area contributed by atoms with Crippen LogP contribution < -0.4 is 10.4 Å². The van der Waals surface area contributed by atoms with Crippen molar-refractivity contribution in [1.29, 1.82) is 0 Å². The number of hydrogen-bond donors (Lipinski definition) is 0. The van der Waals surface area contributed by atoms with Crippen molar-refractivity contribution in [3.63, 3.8) is 0 Å². The maximum absolute atomic E-state index is 7.05. The van der Waals surface area contributed by atoms with Crippen LogP contribution in [0.5, 0.6) is 0 Å². The summed E-state index contributed by atoms with van der Waals surface area (Å²) in [5.41, 5.74) is 0.897. The van der Waals surface area contributed by atoms with Crippen LogP contribution in [0.25, 0.3) is 0 Å². The average molecular weight is 357 g/mol. The van der Waals surface area contributed by atoms with Crippen molar-refractivity contribution in [3.05, 3.63) is 60.7 Å². The molecule has 2 atom stereocenters. The van der Waals surface area contributed by atoms with E-state index in [4.69, 9.17) is 4.43 Å². The van der Waals surface area contributed by atoms with E-state index in [0.717, 1.165) is 6.42 Å². The van der Waals surface area contributed by atoms with E-state index in [1.165, 1.54) is 10.4 Å². The van der Waals surface area contributed by atoms with Gasteiger partial charge in [-0.15, -0.1) is 0 Å². The lowest BCUT2D eigenvalue weighted by atomic mass is 10.4. The van der Waals surface area contributed by atoms with E-state index >= 15 is 0 Å². The first-order valence-electron chi connectivity index (χ1n) is 9.11. The molecule has 0 saturated carbocycles. The Kier molecular flexibility index (Phi) is 6.24. The van der Waals surface area contributed by atoms with Gasteiger partial charge in [0.25, 0.3) is 0 Å². The minimum atomic E-state index is -1.99. The molecule has 0 heterocycles. The van der Waals surface area contributed by atoms with Gasteiger partial charge in [-0.2, -0.15) is 0 Å². The second-order valence-corrected chi connectivity index (χ2v) is 16.6. The maximum Gasteiger partial charge on any atom is 0.223 e. The molecule has 0 radical (unpaired) electrons. The van der Waals surface area contributed by atoms with Gasteiger partial charge in [0.15, 0.2) is 0 Å². The lowest BCUT2D eigenvalue weighted by Crippen LogP contribution is -2.61. The van der Waals surface area contributed by atoms with Gasteiger partial charge in [0.05, 0.1) is 0 Å². The molecule has 1 nitrogen and oxygen atoms in total. The van der Waals surface area contributed by atoms with E-state index in [0.29, 0.717) is 11.3 Å². The molecule has 2 rings (SSSR count). The summed E-state index contributed by atoms with van der Waals surface area (Å²) < 4.78 is 7.05. The molecule has 0 spiro atoms. The molecule has 0 fully saturated rings. The molecule has 0 saturated heterocycles. The third kappa shape index (κ3) is 3.90. The average Bonchev–Trinajstić information content (AvgIpc) is 2.60. The topological polar surface area (TPSA) is 9.23 Å². The summed E-state index contributed by atoms with van der Waals surface area (Å²) in [5, 5.41) is 2.90. The monoisotopic (exact) mass is 356 g/mol. The van der Waals surface area contributed by atoms with Crippen molar-refractivity contribution in [2.24, 2.45) is 0 Å². The summed E-state index contributed by atoms with van der Waals surface area (Å²) >= 11 is 0. The Bertz CT molecular complexity index is 625. The van der Waals surface area contributed by atoms with Gasteiger partial charge >= 0.3 is 0 Å². The minimum absolute atomic E-state index is 0.346. The van der Waals surface area contributed by atoms with Crippen molar-refractivity contribution >= 4 is 26.8 Å². The van der Waals surface area contributed by atoms with Crippen LogP contribution in [0.1, 0.15) is 27.2 Å². The molecule has 2 aromatic rings. The molecule has 2 aromatic carbocycles. The molecule has 24 heavy (non-hydrogen) atoms. The van der Waals surface area contributed by atoms with E-state index in [1.54, 1.807) is 0 Å². The van der Waals surface area contributed by atoms with Crippen LogP contribution in [0, 0.1) is 0 Å². The highest BCUT2D eigenvalue weighted by atomic mass is 28.4. The van der Waals surface area contributed by atoms with Crippen molar-refractivity contribution in [2.45, 2.75) is 58.1 Å². The summed E-state index contributed by atoms with van der Waals surface area (Å²) in [6, 6.07) is 21.9. The molecule has 2 unspecified atom stereocenters. The smallest absolute Gasteiger partial charge is 0.223 e. The highest BCUT2D eigenvalue weighted by Gasteiger charge is 2.42. The Morgan fingerprint density at radius 3 is 1.67 bits per heavy atom. The van der Waals surface area contributed by atoms with Crippen molar-refractivity contribution in [3.8, 4) is 0 Å². The summed E-state index contributed by atoms with van der Waals surface area (Å²) in [5.74, 6) is 0. The summed E-state index contributed by atoms with van der Waals surface area (Å²) in [7, 11) is -3.68. The van der Waals surface area contributed by atoms with Gasteiger partial charge in [-0.1, -0.05) is 99.7 Å². The molecule has 3 heteroatoms. The zero-order valence-electron chi connectivity index (χ0n) is 16.0. The van der Waals surface area contributed by atoms with Crippen LogP contribution >= 0.6 is 0 Å². The Labute approximate surface area is 150 Å². The number of rotatable bonds is 7. The predicted molar refractivity (Wildman–Crippen MR) is 112 cm³/mol. The van der Waals surface area contributed by atoms with Crippen LogP contribution in [0.15, 0.2) is 60.7 Å². The standard InChI is InChI=1S/C21H32OSi2/c1-7-21(23(4,5)19-14-10-8-11-15-19)22-24(6,18(2)3)20-16-12-9-13-17-20/h8-18,21H,7H2,1-6H3. The predicted octanol–water partition coefficient (Wildman–Crippen LogP) is 4.83. The second-order valence-electron chi connectivity index (χ2n) is 7.73. The van der Waals surface area contributed by atoms with Gasteiger partial charge in [0.1, 0.15) is 8.07 Å². The Morgan fingerprint density at radius 1 is 0.792 bits per heavy atom. The zero-order chi connectivity index (χ0) is 17.8. The molecule has 0 aliphatic rings. The van der Waals surface area contributed by atoms with Gasteiger partial charge in [0, 0.05) is 5.73 Å². The number of benzene rings is 2. The first kappa shape index (κ1) is 19.2. The molecule has 0 amide bonds. The second kappa shape index (κ2) is 7.81. The normalized spacial score (nSPS) is 16.0. The first-order chi connectivity index (χ1) is 11.3. The SMILES string of the molecule is CCC(O[Si](C)(c1ccccc1)C(C)C)[Si](C)(C)c1ccccc1. The Morgan fingerprint density at radius 2 is 1.25 bits per heavy atom. The first-order valence-corrected chi connectivity index (χ1v) is 14.7. The lowest BCUT2D eigenvalue weighted by Gasteiger charge is -2.41. The number of hydrogen-bond acceptors (Lipinski definition) is 1. The van der Waals surface area contributed by atoms with Gasteiger partial charge in [-0.3, -0.25) is 0 Å². The van der Waals surface area contributed by atoms with Crippen LogP contribution in [0.3, 0.4) is 0 Å². The van der Waals surface area contributed by atoms with Crippen LogP contribution in [0.2, 0.25) is 25.2 Å². The maximum atomic E-state index is 7.05. The Hall–Kier alpha value is -1.17. The lowest BCUT2D eigenvalue weighted by molar-refractivity contribution is 0.254. The van der Waals surface area contributed by atoms with Crippen molar-refractivity contribution in [1.82, 2.24) is 0 Å². The fraction of sp³-hybridized carbons (Fsp3) is 0.429. The largest absolute Gasteiger partial charge is 0.412 e. The van der Waals surface area contributed by atoms with E-state index in [9.17, 15) is 0 Å². The fourth-order valence-electron chi connectivity index (χ4n) is 3.40. The summed E-state index contributed by atoms with van der Waals surface area (Å²) in [6.07, 6.45) is 1.08. The Balaban J connectivity index is 2.36. The fourth-order valence-corrected chi connectivity index (χ4v) is 10.4. The van der Waals surface area contributed by atoms with E-state index in [2.05, 4.69) is 101 Å². The molecule has 0 aliphatic heterocycles. The molecule has 0 aromatic heterocycles. The van der Waals surface area contributed by atoms with E-state index in [-0.39, 0.29) is 0 Å². The van der Waals surface area contributed by atoms with Gasteiger partial charge in [0.2, 0.25) is 8.32 Å². The van der Waals surface area contributed by atoms with E-state index in [1.807, 2.05) is 0 Å². The van der Waals surface area contributed by atoms with Crippen LogP contribution in [-0.2, 0) is 4.43 Å².